The molecule has 1 atom stereocenters. The van der Waals surface area contributed by atoms with Crippen LogP contribution in [0.15, 0.2) is 0 Å². The predicted octanol–water partition coefficient (Wildman–Crippen LogP) is 1.20. The van der Waals surface area contributed by atoms with Crippen LogP contribution in [0.3, 0.4) is 0 Å². The summed E-state index contributed by atoms with van der Waals surface area (Å²) in [5.74, 6) is 0.632. The quantitative estimate of drug-likeness (QED) is 0.682. The standard InChI is InChI=1S/C9H14N2O/c1-2-8(6-10)11-9(12)5-7-3-4-7/h7-8H,2-5H2,1H3,(H,11,12). The molecule has 1 fully saturated rings. The molecule has 1 aliphatic rings. The maximum absolute atomic E-state index is 11.2. The summed E-state index contributed by atoms with van der Waals surface area (Å²) >= 11 is 0. The van der Waals surface area contributed by atoms with Crippen LogP contribution >= 0.6 is 0 Å². The molecule has 0 aromatic carbocycles. The van der Waals surface area contributed by atoms with Gasteiger partial charge in [-0.3, -0.25) is 4.79 Å². The molecule has 0 heterocycles. The van der Waals surface area contributed by atoms with E-state index in [-0.39, 0.29) is 11.9 Å². The average Bonchev–Trinajstić information content (AvgIpc) is 2.84. The first-order valence-corrected chi connectivity index (χ1v) is 4.45. The molecule has 0 aromatic rings. The minimum Gasteiger partial charge on any atom is -0.340 e. The number of rotatable bonds is 4. The first kappa shape index (κ1) is 9.05. The van der Waals surface area contributed by atoms with Crippen molar-refractivity contribution in [1.82, 2.24) is 5.32 Å². The third kappa shape index (κ3) is 2.91. The first-order chi connectivity index (χ1) is 5.76. The SMILES string of the molecule is CCC(C#N)NC(=O)CC1CC1. The van der Waals surface area contributed by atoms with Crippen molar-refractivity contribution in [2.45, 2.75) is 38.6 Å². The summed E-state index contributed by atoms with van der Waals surface area (Å²) in [6, 6.07) is 1.75. The van der Waals surface area contributed by atoms with Crippen molar-refractivity contribution in [2.24, 2.45) is 5.92 Å². The van der Waals surface area contributed by atoms with Gasteiger partial charge in [0, 0.05) is 6.42 Å². The van der Waals surface area contributed by atoms with Crippen LogP contribution in [0.2, 0.25) is 0 Å². The Morgan fingerprint density at radius 3 is 2.83 bits per heavy atom. The van der Waals surface area contributed by atoms with Crippen molar-refractivity contribution < 1.29 is 4.79 Å². The molecule has 66 valence electrons. The third-order valence-electron chi connectivity index (χ3n) is 2.07. The van der Waals surface area contributed by atoms with E-state index in [1.54, 1.807) is 0 Å². The summed E-state index contributed by atoms with van der Waals surface area (Å²) in [7, 11) is 0. The van der Waals surface area contributed by atoms with Crippen LogP contribution in [0.1, 0.15) is 32.6 Å². The monoisotopic (exact) mass is 166 g/mol. The van der Waals surface area contributed by atoms with E-state index in [4.69, 9.17) is 5.26 Å². The van der Waals surface area contributed by atoms with Gasteiger partial charge in [-0.05, 0) is 25.2 Å². The molecule has 1 amide bonds. The topological polar surface area (TPSA) is 52.9 Å². The molecule has 3 heteroatoms. The number of carbonyl (C=O) groups excluding carboxylic acids is 1. The second kappa shape index (κ2) is 4.10. The molecule has 0 bridgehead atoms. The molecule has 1 rings (SSSR count). The van der Waals surface area contributed by atoms with E-state index >= 15 is 0 Å². The Bertz CT molecular complexity index is 203. The molecule has 12 heavy (non-hydrogen) atoms. The number of carbonyl (C=O) groups is 1. The van der Waals surface area contributed by atoms with E-state index in [1.807, 2.05) is 13.0 Å². The molecular weight excluding hydrogens is 152 g/mol. The number of hydrogen-bond acceptors (Lipinski definition) is 2. The summed E-state index contributed by atoms with van der Waals surface area (Å²) < 4.78 is 0. The van der Waals surface area contributed by atoms with Crippen LogP contribution < -0.4 is 5.32 Å². The van der Waals surface area contributed by atoms with Crippen molar-refractivity contribution in [2.75, 3.05) is 0 Å². The zero-order valence-electron chi connectivity index (χ0n) is 7.34. The van der Waals surface area contributed by atoms with Crippen molar-refractivity contribution in [3.05, 3.63) is 0 Å². The van der Waals surface area contributed by atoms with Gasteiger partial charge < -0.3 is 5.32 Å². The Balaban J connectivity index is 2.19. The van der Waals surface area contributed by atoms with Crippen LogP contribution in [-0.2, 0) is 4.79 Å². The summed E-state index contributed by atoms with van der Waals surface area (Å²) in [5, 5.41) is 11.2. The van der Waals surface area contributed by atoms with Crippen LogP contribution in [0.25, 0.3) is 0 Å². The molecule has 1 N–H and O–H groups in total. The van der Waals surface area contributed by atoms with E-state index in [1.165, 1.54) is 12.8 Å². The Labute approximate surface area is 72.8 Å². The lowest BCUT2D eigenvalue weighted by atomic mass is 10.2. The number of nitrogens with one attached hydrogen (secondary N) is 1. The molecular formula is C9H14N2O. The summed E-state index contributed by atoms with van der Waals surface area (Å²) in [5.41, 5.74) is 0. The maximum Gasteiger partial charge on any atom is 0.221 e. The highest BCUT2D eigenvalue weighted by Crippen LogP contribution is 2.32. The van der Waals surface area contributed by atoms with Crippen LogP contribution in [-0.4, -0.2) is 11.9 Å². The first-order valence-electron chi connectivity index (χ1n) is 4.45. The van der Waals surface area contributed by atoms with Gasteiger partial charge in [-0.15, -0.1) is 0 Å². The fourth-order valence-corrected chi connectivity index (χ4v) is 1.06. The van der Waals surface area contributed by atoms with Gasteiger partial charge in [-0.1, -0.05) is 6.92 Å². The smallest absolute Gasteiger partial charge is 0.221 e. The Morgan fingerprint density at radius 2 is 2.42 bits per heavy atom. The number of nitrogens with zero attached hydrogens (tertiary/aromatic N) is 1. The zero-order chi connectivity index (χ0) is 8.97. The predicted molar refractivity (Wildman–Crippen MR) is 45.2 cm³/mol. The minimum absolute atomic E-state index is 0.0332. The normalized spacial score (nSPS) is 18.0. The summed E-state index contributed by atoms with van der Waals surface area (Å²) in [6.45, 7) is 1.89. The van der Waals surface area contributed by atoms with Crippen molar-refractivity contribution >= 4 is 5.91 Å². The van der Waals surface area contributed by atoms with E-state index in [0.717, 1.165) is 0 Å². The Kier molecular flexibility index (Phi) is 3.09. The van der Waals surface area contributed by atoms with E-state index < -0.39 is 0 Å². The fourth-order valence-electron chi connectivity index (χ4n) is 1.06. The second-order valence-electron chi connectivity index (χ2n) is 3.30. The molecule has 0 spiro atoms. The molecule has 1 saturated carbocycles. The molecule has 0 saturated heterocycles. The van der Waals surface area contributed by atoms with Gasteiger partial charge >= 0.3 is 0 Å². The number of hydrogen-bond donors (Lipinski definition) is 1. The van der Waals surface area contributed by atoms with Gasteiger partial charge in [-0.2, -0.15) is 5.26 Å². The van der Waals surface area contributed by atoms with Gasteiger partial charge in [0.1, 0.15) is 6.04 Å². The van der Waals surface area contributed by atoms with Gasteiger partial charge in [0.15, 0.2) is 0 Å². The lowest BCUT2D eigenvalue weighted by Gasteiger charge is -2.07. The van der Waals surface area contributed by atoms with Crippen LogP contribution in [0, 0.1) is 17.2 Å². The van der Waals surface area contributed by atoms with Crippen molar-refractivity contribution in [3.63, 3.8) is 0 Å². The molecule has 3 nitrogen and oxygen atoms in total. The molecule has 1 unspecified atom stereocenters. The molecule has 0 aromatic heterocycles. The molecule has 0 aliphatic heterocycles. The Hall–Kier alpha value is -1.04. The second-order valence-corrected chi connectivity index (χ2v) is 3.30. The fraction of sp³-hybridized carbons (Fsp3) is 0.778. The highest BCUT2D eigenvalue weighted by molar-refractivity contribution is 5.77. The Morgan fingerprint density at radius 1 is 1.75 bits per heavy atom. The third-order valence-corrected chi connectivity index (χ3v) is 2.07. The lowest BCUT2D eigenvalue weighted by Crippen LogP contribution is -2.33. The van der Waals surface area contributed by atoms with E-state index in [0.29, 0.717) is 18.8 Å². The van der Waals surface area contributed by atoms with Gasteiger partial charge in [0.2, 0.25) is 5.91 Å². The molecule has 0 radical (unpaired) electrons. The number of nitriles is 1. The van der Waals surface area contributed by atoms with Gasteiger partial charge in [0.05, 0.1) is 6.07 Å². The van der Waals surface area contributed by atoms with Crippen LogP contribution in [0.5, 0.6) is 0 Å². The maximum atomic E-state index is 11.2. The van der Waals surface area contributed by atoms with Gasteiger partial charge in [-0.25, -0.2) is 0 Å². The van der Waals surface area contributed by atoms with Gasteiger partial charge in [0.25, 0.3) is 0 Å². The van der Waals surface area contributed by atoms with E-state index in [2.05, 4.69) is 5.32 Å². The summed E-state index contributed by atoms with van der Waals surface area (Å²) in [4.78, 5) is 11.2. The number of amides is 1. The lowest BCUT2D eigenvalue weighted by molar-refractivity contribution is -0.121. The van der Waals surface area contributed by atoms with E-state index in [9.17, 15) is 4.79 Å². The largest absolute Gasteiger partial charge is 0.340 e. The highest BCUT2D eigenvalue weighted by atomic mass is 16.1. The zero-order valence-corrected chi connectivity index (χ0v) is 7.34. The highest BCUT2D eigenvalue weighted by Gasteiger charge is 2.24. The summed E-state index contributed by atoms with van der Waals surface area (Å²) in [6.07, 6.45) is 3.65. The molecule has 1 aliphatic carbocycles. The average molecular weight is 166 g/mol. The van der Waals surface area contributed by atoms with Crippen molar-refractivity contribution in [3.8, 4) is 6.07 Å². The van der Waals surface area contributed by atoms with Crippen molar-refractivity contribution in [1.29, 1.82) is 5.26 Å². The minimum atomic E-state index is -0.295. The van der Waals surface area contributed by atoms with Crippen LogP contribution in [0.4, 0.5) is 0 Å².